The number of halogens is 1. The molecule has 4 aliphatic rings. The number of carbonyl (C=O) groups excluding carboxylic acids is 2. The number of fused-ring (bicyclic) bond motifs is 5. The van der Waals surface area contributed by atoms with Gasteiger partial charge in [-0.1, -0.05) is 18.0 Å². The summed E-state index contributed by atoms with van der Waals surface area (Å²) >= 11 is 6.04. The highest BCUT2D eigenvalue weighted by atomic mass is 35.5. The molecule has 2 bridgehead atoms. The third kappa shape index (κ3) is 3.00. The monoisotopic (exact) mass is 386 g/mol. The predicted molar refractivity (Wildman–Crippen MR) is 102 cm³/mol. The number of imidazole rings is 1. The van der Waals surface area contributed by atoms with Gasteiger partial charge in [0.2, 0.25) is 5.91 Å². The van der Waals surface area contributed by atoms with E-state index in [1.807, 2.05) is 15.9 Å². The summed E-state index contributed by atoms with van der Waals surface area (Å²) in [6.45, 7) is 2.17. The van der Waals surface area contributed by atoms with E-state index in [0.29, 0.717) is 41.3 Å². The van der Waals surface area contributed by atoms with Crippen LogP contribution in [0.25, 0.3) is 5.65 Å². The van der Waals surface area contributed by atoms with E-state index in [2.05, 4.69) is 4.98 Å². The van der Waals surface area contributed by atoms with Crippen molar-refractivity contribution in [2.45, 2.75) is 38.1 Å². The first-order valence-corrected chi connectivity index (χ1v) is 10.2. The standard InChI is InChI=1S/C20H23ClN4O2/c21-15-5-7-18-22-17(12-23(18)10-15)20(27)25-9-13-4-6-16(25)11-24(8-13)19(26)14-2-1-3-14/h5,7,10,12-14,16H,1-4,6,8-9,11H2/t13-,16+/m0/s1. The second-order valence-electron chi connectivity index (χ2n) is 8.16. The van der Waals surface area contributed by atoms with E-state index < -0.39 is 0 Å². The van der Waals surface area contributed by atoms with E-state index in [4.69, 9.17) is 11.6 Å². The average molecular weight is 387 g/mol. The minimum absolute atomic E-state index is 0.0394. The number of rotatable bonds is 2. The molecule has 6 nitrogen and oxygen atoms in total. The van der Waals surface area contributed by atoms with Gasteiger partial charge in [-0.25, -0.2) is 4.98 Å². The van der Waals surface area contributed by atoms with Gasteiger partial charge in [0, 0.05) is 44.0 Å². The zero-order valence-electron chi connectivity index (χ0n) is 15.2. The molecule has 0 N–H and O–H groups in total. The fourth-order valence-corrected chi connectivity index (χ4v) is 4.81. The van der Waals surface area contributed by atoms with Crippen LogP contribution >= 0.6 is 11.6 Å². The topological polar surface area (TPSA) is 57.9 Å². The number of hydrogen-bond acceptors (Lipinski definition) is 3. The number of pyridine rings is 1. The van der Waals surface area contributed by atoms with Crippen molar-refractivity contribution in [3.63, 3.8) is 0 Å². The fraction of sp³-hybridized carbons (Fsp3) is 0.550. The third-order valence-electron chi connectivity index (χ3n) is 6.37. The molecule has 1 saturated carbocycles. The Bertz CT molecular complexity index is 907. The molecule has 7 heteroatoms. The van der Waals surface area contributed by atoms with Crippen LogP contribution < -0.4 is 0 Å². The Balaban J connectivity index is 1.38. The summed E-state index contributed by atoms with van der Waals surface area (Å²) in [6, 6.07) is 3.68. The number of piperidine rings is 1. The molecule has 27 heavy (non-hydrogen) atoms. The van der Waals surface area contributed by atoms with Gasteiger partial charge < -0.3 is 14.2 Å². The summed E-state index contributed by atoms with van der Waals surface area (Å²) in [7, 11) is 0. The third-order valence-corrected chi connectivity index (χ3v) is 6.60. The van der Waals surface area contributed by atoms with Crippen molar-refractivity contribution in [1.29, 1.82) is 0 Å². The van der Waals surface area contributed by atoms with Crippen LogP contribution in [-0.2, 0) is 4.79 Å². The van der Waals surface area contributed by atoms with Gasteiger partial charge in [0.05, 0.1) is 5.02 Å². The zero-order chi connectivity index (χ0) is 18.5. The Morgan fingerprint density at radius 1 is 1.04 bits per heavy atom. The maximum absolute atomic E-state index is 13.2. The van der Waals surface area contributed by atoms with Crippen molar-refractivity contribution in [3.8, 4) is 0 Å². The SMILES string of the molecule is O=C(C1CCC1)N1C[C@@H]2CC[C@H](C1)N(C(=O)c1cn3cc(Cl)ccc3n1)C2. The maximum Gasteiger partial charge on any atom is 0.274 e. The molecule has 2 atom stereocenters. The maximum atomic E-state index is 13.2. The number of aromatic nitrogens is 2. The first kappa shape index (κ1) is 17.0. The number of hydrogen-bond donors (Lipinski definition) is 0. The molecule has 2 aromatic heterocycles. The number of carbonyl (C=O) groups is 2. The van der Waals surface area contributed by atoms with E-state index in [-0.39, 0.29) is 17.9 Å². The molecule has 2 amide bonds. The van der Waals surface area contributed by atoms with E-state index in [9.17, 15) is 9.59 Å². The second kappa shape index (κ2) is 6.51. The average Bonchev–Trinajstić information content (AvgIpc) is 2.80. The van der Waals surface area contributed by atoms with Crippen LogP contribution in [0, 0.1) is 11.8 Å². The van der Waals surface area contributed by atoms with Gasteiger partial charge in [-0.05, 0) is 43.7 Å². The Labute approximate surface area is 163 Å². The first-order valence-electron chi connectivity index (χ1n) is 9.82. The van der Waals surface area contributed by atoms with Crippen molar-refractivity contribution in [2.24, 2.45) is 11.8 Å². The van der Waals surface area contributed by atoms with Gasteiger partial charge in [-0.3, -0.25) is 9.59 Å². The largest absolute Gasteiger partial charge is 0.340 e. The molecule has 5 heterocycles. The fourth-order valence-electron chi connectivity index (χ4n) is 4.64. The second-order valence-corrected chi connectivity index (χ2v) is 8.60. The molecule has 142 valence electrons. The number of nitrogens with zero attached hydrogens (tertiary/aromatic N) is 4. The molecule has 0 aromatic carbocycles. The minimum Gasteiger partial charge on any atom is -0.340 e. The molecule has 3 aliphatic heterocycles. The van der Waals surface area contributed by atoms with Crippen LogP contribution in [0.4, 0.5) is 0 Å². The van der Waals surface area contributed by atoms with Gasteiger partial charge in [0.1, 0.15) is 11.3 Å². The predicted octanol–water partition coefficient (Wildman–Crippen LogP) is 2.85. The van der Waals surface area contributed by atoms with Gasteiger partial charge in [-0.2, -0.15) is 0 Å². The molecule has 6 rings (SSSR count). The molecule has 0 radical (unpaired) electrons. The molecule has 4 fully saturated rings. The summed E-state index contributed by atoms with van der Waals surface area (Å²) in [6.07, 6.45) is 8.77. The molecule has 0 unspecified atom stereocenters. The van der Waals surface area contributed by atoms with E-state index in [1.54, 1.807) is 22.9 Å². The van der Waals surface area contributed by atoms with Gasteiger partial charge in [-0.15, -0.1) is 0 Å². The van der Waals surface area contributed by atoms with E-state index in [0.717, 1.165) is 32.2 Å². The van der Waals surface area contributed by atoms with E-state index >= 15 is 0 Å². The quantitative estimate of drug-likeness (QED) is 0.797. The Morgan fingerprint density at radius 2 is 1.89 bits per heavy atom. The first-order chi connectivity index (χ1) is 13.1. The Morgan fingerprint density at radius 3 is 2.67 bits per heavy atom. The van der Waals surface area contributed by atoms with Crippen molar-refractivity contribution < 1.29 is 9.59 Å². The normalized spacial score (nSPS) is 25.5. The molecular formula is C20H23ClN4O2. The smallest absolute Gasteiger partial charge is 0.274 e. The highest BCUT2D eigenvalue weighted by Crippen LogP contribution is 2.33. The van der Waals surface area contributed by atoms with Crippen LogP contribution in [0.5, 0.6) is 0 Å². The van der Waals surface area contributed by atoms with Crippen molar-refractivity contribution >= 4 is 29.1 Å². The van der Waals surface area contributed by atoms with Gasteiger partial charge >= 0.3 is 0 Å². The Hall–Kier alpha value is -2.08. The lowest BCUT2D eigenvalue weighted by Crippen LogP contribution is -2.48. The summed E-state index contributed by atoms with van der Waals surface area (Å²) < 4.78 is 1.79. The number of amides is 2. The highest BCUT2D eigenvalue weighted by molar-refractivity contribution is 6.30. The summed E-state index contributed by atoms with van der Waals surface area (Å²) in [5.74, 6) is 0.843. The van der Waals surface area contributed by atoms with Crippen LogP contribution in [0.15, 0.2) is 24.5 Å². The van der Waals surface area contributed by atoms with Crippen LogP contribution in [-0.4, -0.2) is 56.7 Å². The molecule has 0 spiro atoms. The van der Waals surface area contributed by atoms with Crippen LogP contribution in [0.1, 0.15) is 42.6 Å². The minimum atomic E-state index is -0.0394. The lowest BCUT2D eigenvalue weighted by atomic mass is 9.84. The van der Waals surface area contributed by atoms with Crippen LogP contribution in [0.2, 0.25) is 5.02 Å². The lowest BCUT2D eigenvalue weighted by Gasteiger charge is -2.35. The van der Waals surface area contributed by atoms with Gasteiger partial charge in [0.25, 0.3) is 5.91 Å². The Kier molecular flexibility index (Phi) is 4.11. The molecule has 3 saturated heterocycles. The van der Waals surface area contributed by atoms with Crippen LogP contribution in [0.3, 0.4) is 0 Å². The van der Waals surface area contributed by atoms with E-state index in [1.165, 1.54) is 6.42 Å². The lowest BCUT2D eigenvalue weighted by molar-refractivity contribution is -0.138. The molecule has 1 aliphatic carbocycles. The molecular weight excluding hydrogens is 364 g/mol. The highest BCUT2D eigenvalue weighted by Gasteiger charge is 2.41. The summed E-state index contributed by atoms with van der Waals surface area (Å²) in [5, 5.41) is 0.609. The summed E-state index contributed by atoms with van der Waals surface area (Å²) in [5.41, 5.74) is 1.16. The molecule has 2 aromatic rings. The zero-order valence-corrected chi connectivity index (χ0v) is 15.9. The van der Waals surface area contributed by atoms with Crippen molar-refractivity contribution in [1.82, 2.24) is 19.2 Å². The van der Waals surface area contributed by atoms with Crippen molar-refractivity contribution in [3.05, 3.63) is 35.2 Å². The summed E-state index contributed by atoms with van der Waals surface area (Å²) in [4.78, 5) is 34.4. The van der Waals surface area contributed by atoms with Crippen molar-refractivity contribution in [2.75, 3.05) is 19.6 Å². The van der Waals surface area contributed by atoms with Gasteiger partial charge in [0.15, 0.2) is 0 Å².